The van der Waals surface area contributed by atoms with E-state index in [0.29, 0.717) is 0 Å². The maximum atomic E-state index is 4.72. The first-order valence-corrected chi connectivity index (χ1v) is 7.08. The smallest absolute Gasteiger partial charge is 0.227 e. The molecule has 0 radical (unpaired) electrons. The number of nitrogens with one attached hydrogen (secondary N) is 1. The number of aromatic nitrogens is 2. The van der Waals surface area contributed by atoms with Crippen molar-refractivity contribution in [1.29, 1.82) is 0 Å². The molecule has 4 heteroatoms. The van der Waals surface area contributed by atoms with Gasteiger partial charge in [0, 0.05) is 25.5 Å². The highest BCUT2D eigenvalue weighted by Gasteiger charge is 2.14. The van der Waals surface area contributed by atoms with Gasteiger partial charge in [-0.3, -0.25) is 0 Å². The number of hydrogen-bond donors (Lipinski definition) is 1. The molecule has 2 heterocycles. The van der Waals surface area contributed by atoms with Gasteiger partial charge in [0.05, 0.1) is 5.52 Å². The van der Waals surface area contributed by atoms with Crippen molar-refractivity contribution in [2.45, 2.75) is 25.7 Å². The Bertz CT molecular complexity index is 559. The Balaban J connectivity index is 2.03. The predicted octanol–water partition coefficient (Wildman–Crippen LogP) is 3.05. The second-order valence-corrected chi connectivity index (χ2v) is 5.04. The Morgan fingerprint density at radius 1 is 1.00 bits per heavy atom. The van der Waals surface area contributed by atoms with Gasteiger partial charge in [0.1, 0.15) is 5.82 Å². The van der Waals surface area contributed by atoms with E-state index in [0.717, 1.165) is 35.8 Å². The fourth-order valence-electron chi connectivity index (χ4n) is 2.67. The first-order valence-electron chi connectivity index (χ1n) is 7.08. The van der Waals surface area contributed by atoms with Gasteiger partial charge < -0.3 is 10.2 Å². The van der Waals surface area contributed by atoms with Crippen molar-refractivity contribution in [1.82, 2.24) is 9.97 Å². The van der Waals surface area contributed by atoms with Gasteiger partial charge in [-0.05, 0) is 25.0 Å². The number of benzene rings is 1. The fraction of sp³-hybridized carbons (Fsp3) is 0.467. The molecule has 3 rings (SSSR count). The van der Waals surface area contributed by atoms with Crippen molar-refractivity contribution in [3.05, 3.63) is 24.3 Å². The first-order chi connectivity index (χ1) is 9.38. The molecule has 0 amide bonds. The summed E-state index contributed by atoms with van der Waals surface area (Å²) < 4.78 is 0. The zero-order valence-corrected chi connectivity index (χ0v) is 11.4. The van der Waals surface area contributed by atoms with Crippen LogP contribution in [-0.2, 0) is 0 Å². The van der Waals surface area contributed by atoms with Gasteiger partial charge in [-0.15, -0.1) is 0 Å². The summed E-state index contributed by atoms with van der Waals surface area (Å²) >= 11 is 0. The van der Waals surface area contributed by atoms with Crippen LogP contribution in [-0.4, -0.2) is 30.1 Å². The van der Waals surface area contributed by atoms with Crippen LogP contribution in [0, 0.1) is 0 Å². The monoisotopic (exact) mass is 256 g/mol. The molecule has 2 aromatic rings. The first kappa shape index (κ1) is 12.2. The minimum atomic E-state index is 0.866. The molecular weight excluding hydrogens is 236 g/mol. The van der Waals surface area contributed by atoms with Crippen LogP contribution in [0.1, 0.15) is 25.7 Å². The van der Waals surface area contributed by atoms with Crippen LogP contribution in [0.25, 0.3) is 10.9 Å². The minimum Gasteiger partial charge on any atom is -0.372 e. The SMILES string of the molecule is CNc1nc(N2CCCCCC2)nc2ccccc12. The van der Waals surface area contributed by atoms with Crippen LogP contribution in [0.5, 0.6) is 0 Å². The van der Waals surface area contributed by atoms with E-state index >= 15 is 0 Å². The van der Waals surface area contributed by atoms with E-state index < -0.39 is 0 Å². The highest BCUT2D eigenvalue weighted by Crippen LogP contribution is 2.24. The lowest BCUT2D eigenvalue weighted by atomic mass is 10.2. The summed E-state index contributed by atoms with van der Waals surface area (Å²) in [6.07, 6.45) is 5.13. The third-order valence-corrected chi connectivity index (χ3v) is 3.72. The molecule has 1 N–H and O–H groups in total. The molecule has 1 aromatic carbocycles. The summed E-state index contributed by atoms with van der Waals surface area (Å²) in [4.78, 5) is 11.7. The lowest BCUT2D eigenvalue weighted by Gasteiger charge is -2.21. The summed E-state index contributed by atoms with van der Waals surface area (Å²) in [6.45, 7) is 2.14. The molecule has 0 saturated carbocycles. The molecule has 100 valence electrons. The molecule has 1 aliphatic rings. The van der Waals surface area contributed by atoms with Crippen LogP contribution in [0.4, 0.5) is 11.8 Å². The van der Waals surface area contributed by atoms with Gasteiger partial charge in [-0.1, -0.05) is 25.0 Å². The van der Waals surface area contributed by atoms with Gasteiger partial charge in [0.15, 0.2) is 0 Å². The molecule has 0 aliphatic carbocycles. The summed E-state index contributed by atoms with van der Waals surface area (Å²) in [5.74, 6) is 1.79. The summed E-state index contributed by atoms with van der Waals surface area (Å²) in [5.41, 5.74) is 1.01. The molecule has 0 unspecified atom stereocenters. The number of anilines is 2. The summed E-state index contributed by atoms with van der Waals surface area (Å²) in [6, 6.07) is 8.17. The minimum absolute atomic E-state index is 0.866. The average Bonchev–Trinajstić information content (AvgIpc) is 2.75. The van der Waals surface area contributed by atoms with Crippen molar-refractivity contribution in [3.8, 4) is 0 Å². The summed E-state index contributed by atoms with van der Waals surface area (Å²) in [7, 11) is 1.92. The Morgan fingerprint density at radius 3 is 2.47 bits per heavy atom. The number of hydrogen-bond acceptors (Lipinski definition) is 4. The normalized spacial score (nSPS) is 16.4. The Kier molecular flexibility index (Phi) is 3.49. The van der Waals surface area contributed by atoms with Crippen molar-refractivity contribution >= 4 is 22.7 Å². The van der Waals surface area contributed by atoms with E-state index in [1.807, 2.05) is 19.2 Å². The highest BCUT2D eigenvalue weighted by molar-refractivity contribution is 5.89. The molecule has 4 nitrogen and oxygen atoms in total. The summed E-state index contributed by atoms with van der Waals surface area (Å²) in [5, 5.41) is 4.27. The number of para-hydroxylation sites is 1. The van der Waals surface area contributed by atoms with Crippen LogP contribution < -0.4 is 10.2 Å². The molecule has 0 bridgehead atoms. The molecule has 0 spiro atoms. The average molecular weight is 256 g/mol. The lowest BCUT2D eigenvalue weighted by Crippen LogP contribution is -2.26. The van der Waals surface area contributed by atoms with E-state index in [1.165, 1.54) is 25.7 Å². The third-order valence-electron chi connectivity index (χ3n) is 3.72. The van der Waals surface area contributed by atoms with Gasteiger partial charge in [0.25, 0.3) is 0 Å². The van der Waals surface area contributed by atoms with Gasteiger partial charge in [0.2, 0.25) is 5.95 Å². The number of fused-ring (bicyclic) bond motifs is 1. The van der Waals surface area contributed by atoms with E-state index in [1.54, 1.807) is 0 Å². The van der Waals surface area contributed by atoms with Crippen molar-refractivity contribution in [2.24, 2.45) is 0 Å². The Hall–Kier alpha value is -1.84. The molecule has 1 aromatic heterocycles. The quantitative estimate of drug-likeness (QED) is 0.896. The zero-order chi connectivity index (χ0) is 13.1. The second-order valence-electron chi connectivity index (χ2n) is 5.04. The largest absolute Gasteiger partial charge is 0.372 e. The maximum Gasteiger partial charge on any atom is 0.227 e. The molecule has 1 saturated heterocycles. The van der Waals surface area contributed by atoms with Gasteiger partial charge in [-0.25, -0.2) is 4.98 Å². The van der Waals surface area contributed by atoms with Crippen LogP contribution >= 0.6 is 0 Å². The lowest BCUT2D eigenvalue weighted by molar-refractivity contribution is 0.726. The van der Waals surface area contributed by atoms with Crippen molar-refractivity contribution < 1.29 is 0 Å². The second kappa shape index (κ2) is 5.43. The number of nitrogens with zero attached hydrogens (tertiary/aromatic N) is 3. The standard InChI is InChI=1S/C15H20N4/c1-16-14-12-8-4-5-9-13(12)17-15(18-14)19-10-6-2-3-7-11-19/h4-5,8-9H,2-3,6-7,10-11H2,1H3,(H,16,17,18). The van der Waals surface area contributed by atoms with Crippen LogP contribution in [0.2, 0.25) is 0 Å². The van der Waals surface area contributed by atoms with Gasteiger partial charge in [-0.2, -0.15) is 4.98 Å². The fourth-order valence-corrected chi connectivity index (χ4v) is 2.67. The molecule has 19 heavy (non-hydrogen) atoms. The van der Waals surface area contributed by atoms with Crippen molar-refractivity contribution in [3.63, 3.8) is 0 Å². The van der Waals surface area contributed by atoms with Crippen molar-refractivity contribution in [2.75, 3.05) is 30.4 Å². The predicted molar refractivity (Wildman–Crippen MR) is 79.8 cm³/mol. The van der Waals surface area contributed by atoms with E-state index in [2.05, 4.69) is 27.3 Å². The van der Waals surface area contributed by atoms with Gasteiger partial charge >= 0.3 is 0 Å². The highest BCUT2D eigenvalue weighted by atomic mass is 15.3. The molecule has 1 aliphatic heterocycles. The molecule has 1 fully saturated rings. The van der Waals surface area contributed by atoms with Crippen LogP contribution in [0.3, 0.4) is 0 Å². The molecular formula is C15H20N4. The van der Waals surface area contributed by atoms with E-state index in [-0.39, 0.29) is 0 Å². The van der Waals surface area contributed by atoms with E-state index in [4.69, 9.17) is 4.98 Å². The Morgan fingerprint density at radius 2 is 1.74 bits per heavy atom. The maximum absolute atomic E-state index is 4.72. The third kappa shape index (κ3) is 2.48. The topological polar surface area (TPSA) is 41.1 Å². The number of rotatable bonds is 2. The zero-order valence-electron chi connectivity index (χ0n) is 11.4. The van der Waals surface area contributed by atoms with Crippen LogP contribution in [0.15, 0.2) is 24.3 Å². The Labute approximate surface area is 113 Å². The van der Waals surface area contributed by atoms with E-state index in [9.17, 15) is 0 Å². The molecule has 0 atom stereocenters.